The first-order chi connectivity index (χ1) is 15.2. The van der Waals surface area contributed by atoms with Gasteiger partial charge >= 0.3 is 0 Å². The van der Waals surface area contributed by atoms with Crippen LogP contribution in [0.3, 0.4) is 0 Å². The van der Waals surface area contributed by atoms with Crippen LogP contribution >= 0.6 is 11.6 Å². The van der Waals surface area contributed by atoms with Crippen molar-refractivity contribution in [1.82, 2.24) is 29.5 Å². The van der Waals surface area contributed by atoms with Crippen LogP contribution in [0, 0.1) is 0 Å². The number of nitrogens with one attached hydrogen (secondary N) is 1. The smallest absolute Gasteiger partial charge is 0.223 e. The van der Waals surface area contributed by atoms with Gasteiger partial charge in [0, 0.05) is 43.0 Å². The Morgan fingerprint density at radius 1 is 1.00 bits per heavy atom. The molecule has 1 aromatic carbocycles. The van der Waals surface area contributed by atoms with Crippen LogP contribution in [0.25, 0.3) is 17.0 Å². The Bertz CT molecular complexity index is 1170. The average Bonchev–Trinajstić information content (AvgIpc) is 3.22. The maximum absolute atomic E-state index is 5.96. The summed E-state index contributed by atoms with van der Waals surface area (Å²) in [5.74, 6) is 1.48. The normalized spacial score (nSPS) is 14.7. The highest BCUT2D eigenvalue weighted by Gasteiger charge is 2.15. The molecule has 4 aromatic rings. The van der Waals surface area contributed by atoms with E-state index in [0.29, 0.717) is 12.0 Å². The van der Waals surface area contributed by atoms with E-state index in [-0.39, 0.29) is 0 Å². The van der Waals surface area contributed by atoms with Crippen molar-refractivity contribution in [3.63, 3.8) is 0 Å². The fourth-order valence-corrected chi connectivity index (χ4v) is 3.78. The molecule has 1 fully saturated rings. The molecule has 0 bridgehead atoms. The molecule has 1 aliphatic rings. The van der Waals surface area contributed by atoms with Gasteiger partial charge in [0.25, 0.3) is 0 Å². The first-order valence-electron chi connectivity index (χ1n) is 10.4. The third-order valence-electron chi connectivity index (χ3n) is 5.39. The van der Waals surface area contributed by atoms with Crippen molar-refractivity contribution in [1.29, 1.82) is 0 Å². The van der Waals surface area contributed by atoms with Crippen molar-refractivity contribution < 1.29 is 4.74 Å². The van der Waals surface area contributed by atoms with Crippen molar-refractivity contribution in [2.75, 3.05) is 18.5 Å². The number of aromatic nitrogens is 6. The molecule has 8 nitrogen and oxygen atoms in total. The largest absolute Gasteiger partial charge is 0.381 e. The third kappa shape index (κ3) is 4.65. The summed E-state index contributed by atoms with van der Waals surface area (Å²) < 4.78 is 7.33. The van der Waals surface area contributed by atoms with Crippen LogP contribution in [0.15, 0.2) is 48.9 Å². The predicted octanol–water partition coefficient (Wildman–Crippen LogP) is 3.61. The number of aryl methyl sites for hydroxylation is 2. The van der Waals surface area contributed by atoms with E-state index in [1.165, 1.54) is 5.56 Å². The second-order valence-electron chi connectivity index (χ2n) is 7.54. The van der Waals surface area contributed by atoms with Crippen LogP contribution in [0.5, 0.6) is 0 Å². The van der Waals surface area contributed by atoms with Crippen LogP contribution in [0.4, 0.5) is 5.95 Å². The summed E-state index contributed by atoms with van der Waals surface area (Å²) >= 11 is 5.96. The molecule has 0 saturated carbocycles. The molecule has 0 amide bonds. The Morgan fingerprint density at radius 3 is 2.68 bits per heavy atom. The summed E-state index contributed by atoms with van der Waals surface area (Å²) in [6.45, 7) is 1.53. The highest BCUT2D eigenvalue weighted by atomic mass is 35.5. The van der Waals surface area contributed by atoms with Gasteiger partial charge in [-0.25, -0.2) is 15.0 Å². The van der Waals surface area contributed by atoms with Crippen LogP contribution in [0.2, 0.25) is 5.02 Å². The highest BCUT2D eigenvalue weighted by molar-refractivity contribution is 6.30. The van der Waals surface area contributed by atoms with E-state index in [9.17, 15) is 0 Å². The average molecular weight is 436 g/mol. The summed E-state index contributed by atoms with van der Waals surface area (Å²) in [6, 6.07) is 12.0. The SMILES string of the molecule is Clc1ccc(CCc2nnc3cc(-c4ccnc(NC5CCOCC5)n4)ncn23)cc1. The van der Waals surface area contributed by atoms with Crippen LogP contribution in [0.1, 0.15) is 24.2 Å². The number of benzene rings is 1. The third-order valence-corrected chi connectivity index (χ3v) is 5.65. The minimum absolute atomic E-state index is 0.333. The summed E-state index contributed by atoms with van der Waals surface area (Å²) in [4.78, 5) is 13.6. The van der Waals surface area contributed by atoms with Gasteiger partial charge in [-0.1, -0.05) is 23.7 Å². The van der Waals surface area contributed by atoms with Crippen LogP contribution < -0.4 is 5.32 Å². The summed E-state index contributed by atoms with van der Waals surface area (Å²) in [7, 11) is 0. The monoisotopic (exact) mass is 435 g/mol. The number of hydrogen-bond acceptors (Lipinski definition) is 7. The lowest BCUT2D eigenvalue weighted by Gasteiger charge is -2.23. The Labute approximate surface area is 184 Å². The molecule has 158 valence electrons. The zero-order valence-electron chi connectivity index (χ0n) is 16.9. The second-order valence-corrected chi connectivity index (χ2v) is 7.98. The molecular formula is C22H22ClN7O. The quantitative estimate of drug-likeness (QED) is 0.494. The van der Waals surface area contributed by atoms with Crippen molar-refractivity contribution in [2.24, 2.45) is 0 Å². The maximum atomic E-state index is 5.96. The standard InChI is InChI=1S/C22H22ClN7O/c23-16-4-1-15(2-5-16)3-6-20-28-29-21-13-19(25-14-30(20)21)18-7-10-24-22(27-18)26-17-8-11-31-12-9-17/h1-2,4-5,7,10,13-14,17H,3,6,8-9,11-12H2,(H,24,26,27). The number of fused-ring (bicyclic) bond motifs is 1. The van der Waals surface area contributed by atoms with Crippen molar-refractivity contribution in [3.8, 4) is 11.4 Å². The topological polar surface area (TPSA) is 90.1 Å². The van der Waals surface area contributed by atoms with Crippen molar-refractivity contribution in [2.45, 2.75) is 31.7 Å². The van der Waals surface area contributed by atoms with E-state index < -0.39 is 0 Å². The summed E-state index contributed by atoms with van der Waals surface area (Å²) in [5, 5.41) is 12.8. The van der Waals surface area contributed by atoms with Gasteiger partial charge in [-0.3, -0.25) is 4.40 Å². The second kappa shape index (κ2) is 8.95. The van der Waals surface area contributed by atoms with Gasteiger partial charge in [-0.05, 0) is 43.0 Å². The molecule has 0 radical (unpaired) electrons. The van der Waals surface area contributed by atoms with Crippen LogP contribution in [-0.2, 0) is 17.6 Å². The molecule has 1 N–H and O–H groups in total. The van der Waals surface area contributed by atoms with Gasteiger partial charge in [-0.2, -0.15) is 0 Å². The number of anilines is 1. The van der Waals surface area contributed by atoms with Gasteiger partial charge in [-0.15, -0.1) is 10.2 Å². The molecular weight excluding hydrogens is 414 g/mol. The molecule has 3 aromatic heterocycles. The number of halogens is 1. The highest BCUT2D eigenvalue weighted by Crippen LogP contribution is 2.19. The Morgan fingerprint density at radius 2 is 1.84 bits per heavy atom. The minimum atomic E-state index is 0.333. The zero-order chi connectivity index (χ0) is 21.0. The summed E-state index contributed by atoms with van der Waals surface area (Å²) in [6.07, 6.45) is 7.03. The molecule has 0 spiro atoms. The first kappa shape index (κ1) is 19.8. The summed E-state index contributed by atoms with van der Waals surface area (Å²) in [5.41, 5.74) is 3.43. The molecule has 31 heavy (non-hydrogen) atoms. The van der Waals surface area contributed by atoms with Crippen LogP contribution in [-0.4, -0.2) is 48.8 Å². The first-order valence-corrected chi connectivity index (χ1v) is 10.7. The van der Waals surface area contributed by atoms with E-state index in [0.717, 1.165) is 66.8 Å². The molecule has 1 saturated heterocycles. The number of rotatable bonds is 6. The van der Waals surface area contributed by atoms with E-state index in [1.54, 1.807) is 12.5 Å². The predicted molar refractivity (Wildman–Crippen MR) is 118 cm³/mol. The number of hydrogen-bond donors (Lipinski definition) is 1. The van der Waals surface area contributed by atoms with Gasteiger partial charge in [0.15, 0.2) is 5.65 Å². The lowest BCUT2D eigenvalue weighted by molar-refractivity contribution is 0.0903. The van der Waals surface area contributed by atoms with Gasteiger partial charge in [0.05, 0.1) is 11.4 Å². The van der Waals surface area contributed by atoms with E-state index in [1.807, 2.05) is 40.8 Å². The number of nitrogens with zero attached hydrogens (tertiary/aromatic N) is 6. The van der Waals surface area contributed by atoms with E-state index >= 15 is 0 Å². The lowest BCUT2D eigenvalue weighted by Crippen LogP contribution is -2.28. The van der Waals surface area contributed by atoms with Gasteiger partial charge in [0.2, 0.25) is 5.95 Å². The molecule has 1 aliphatic heterocycles. The molecule has 0 aliphatic carbocycles. The van der Waals surface area contributed by atoms with Gasteiger partial charge in [0.1, 0.15) is 12.2 Å². The fourth-order valence-electron chi connectivity index (χ4n) is 3.65. The van der Waals surface area contributed by atoms with E-state index in [4.69, 9.17) is 16.3 Å². The Kier molecular flexibility index (Phi) is 5.73. The zero-order valence-corrected chi connectivity index (χ0v) is 17.7. The minimum Gasteiger partial charge on any atom is -0.381 e. The lowest BCUT2D eigenvalue weighted by atomic mass is 10.1. The van der Waals surface area contributed by atoms with Crippen molar-refractivity contribution >= 4 is 23.2 Å². The Hall–Kier alpha value is -3.10. The molecule has 4 heterocycles. The molecule has 0 unspecified atom stereocenters. The fraction of sp³-hybridized carbons (Fsp3) is 0.318. The Balaban J connectivity index is 1.32. The van der Waals surface area contributed by atoms with Crippen molar-refractivity contribution in [3.05, 3.63) is 65.3 Å². The molecule has 5 rings (SSSR count). The number of ether oxygens (including phenoxy) is 1. The molecule has 0 atom stereocenters. The maximum Gasteiger partial charge on any atom is 0.223 e. The molecule has 9 heteroatoms. The van der Waals surface area contributed by atoms with Gasteiger partial charge < -0.3 is 10.1 Å². The van der Waals surface area contributed by atoms with E-state index in [2.05, 4.69) is 30.5 Å².